The molecule has 0 aliphatic rings. The Balaban J connectivity index is 2.10. The third-order valence-electron chi connectivity index (χ3n) is 4.04. The Kier molecular flexibility index (Phi) is 4.55. The summed E-state index contributed by atoms with van der Waals surface area (Å²) >= 11 is 6.12. The molecule has 0 fully saturated rings. The molecule has 1 aromatic heterocycles. The van der Waals surface area contributed by atoms with Gasteiger partial charge in [-0.05, 0) is 55.3 Å². The van der Waals surface area contributed by atoms with Gasteiger partial charge in [-0.25, -0.2) is 0 Å². The molecule has 2 aromatic carbocycles. The summed E-state index contributed by atoms with van der Waals surface area (Å²) in [6, 6.07) is 21.9. The summed E-state index contributed by atoms with van der Waals surface area (Å²) in [7, 11) is 0. The zero-order chi connectivity index (χ0) is 17.1. The molecule has 0 amide bonds. The van der Waals surface area contributed by atoms with Gasteiger partial charge in [0.1, 0.15) is 0 Å². The predicted octanol–water partition coefficient (Wildman–Crippen LogP) is 5.81. The van der Waals surface area contributed by atoms with Crippen LogP contribution in [0.2, 0.25) is 5.02 Å². The molecule has 1 heterocycles. The molecule has 2 nitrogen and oxygen atoms in total. The first-order valence-corrected chi connectivity index (χ1v) is 8.10. The quantitative estimate of drug-likeness (QED) is 0.556. The number of halogens is 1. The molecule has 3 rings (SSSR count). The van der Waals surface area contributed by atoms with E-state index in [0.29, 0.717) is 10.6 Å². The van der Waals surface area contributed by atoms with Crippen molar-refractivity contribution < 1.29 is 0 Å². The van der Waals surface area contributed by atoms with Crippen molar-refractivity contribution in [2.45, 2.75) is 13.8 Å². The first-order valence-electron chi connectivity index (χ1n) is 7.72. The van der Waals surface area contributed by atoms with Gasteiger partial charge >= 0.3 is 0 Å². The molecule has 0 atom stereocenters. The van der Waals surface area contributed by atoms with Crippen molar-refractivity contribution in [3.8, 4) is 11.8 Å². The number of rotatable bonds is 3. The van der Waals surface area contributed by atoms with Crippen LogP contribution in [0.25, 0.3) is 17.3 Å². The first kappa shape index (κ1) is 16.1. The van der Waals surface area contributed by atoms with E-state index < -0.39 is 0 Å². The lowest BCUT2D eigenvalue weighted by Crippen LogP contribution is -1.98. The Morgan fingerprint density at radius 1 is 1.04 bits per heavy atom. The lowest BCUT2D eigenvalue weighted by atomic mass is 10.0. The Hall–Kier alpha value is -2.76. The lowest BCUT2D eigenvalue weighted by Gasteiger charge is -2.10. The molecule has 0 bridgehead atoms. The van der Waals surface area contributed by atoms with Gasteiger partial charge in [0.05, 0.1) is 11.6 Å². The summed E-state index contributed by atoms with van der Waals surface area (Å²) in [5.41, 5.74) is 5.82. The predicted molar refractivity (Wildman–Crippen MR) is 100 cm³/mol. The minimum Gasteiger partial charge on any atom is -0.318 e. The second-order valence-corrected chi connectivity index (χ2v) is 6.11. The van der Waals surface area contributed by atoms with E-state index in [1.165, 1.54) is 0 Å². The second kappa shape index (κ2) is 6.78. The van der Waals surface area contributed by atoms with Gasteiger partial charge in [-0.2, -0.15) is 5.26 Å². The number of aryl methyl sites for hydroxylation is 1. The van der Waals surface area contributed by atoms with E-state index in [1.54, 1.807) is 0 Å². The van der Waals surface area contributed by atoms with Crippen molar-refractivity contribution in [3.05, 3.63) is 88.2 Å². The Morgan fingerprint density at radius 3 is 2.46 bits per heavy atom. The van der Waals surface area contributed by atoms with Crippen LogP contribution < -0.4 is 0 Å². The average molecular weight is 333 g/mol. The van der Waals surface area contributed by atoms with Crippen LogP contribution in [0.4, 0.5) is 0 Å². The number of hydrogen-bond donors (Lipinski definition) is 0. The average Bonchev–Trinajstić information content (AvgIpc) is 2.87. The van der Waals surface area contributed by atoms with Gasteiger partial charge in [0.2, 0.25) is 0 Å². The van der Waals surface area contributed by atoms with Gasteiger partial charge in [0.25, 0.3) is 0 Å². The van der Waals surface area contributed by atoms with E-state index in [1.807, 2.05) is 60.7 Å². The number of allylic oxidation sites excluding steroid dienone is 1. The molecule has 0 radical (unpaired) electrons. The Labute approximate surface area is 147 Å². The maximum atomic E-state index is 9.52. The van der Waals surface area contributed by atoms with Crippen LogP contribution in [0.3, 0.4) is 0 Å². The Morgan fingerprint density at radius 2 is 1.79 bits per heavy atom. The minimum atomic E-state index is 0.655. The van der Waals surface area contributed by atoms with E-state index in [0.717, 1.165) is 28.2 Å². The van der Waals surface area contributed by atoms with E-state index in [4.69, 9.17) is 11.6 Å². The topological polar surface area (TPSA) is 28.7 Å². The highest BCUT2D eigenvalue weighted by Gasteiger charge is 2.11. The summed E-state index contributed by atoms with van der Waals surface area (Å²) < 4.78 is 2.15. The Bertz CT molecular complexity index is 944. The first-order chi connectivity index (χ1) is 11.6. The van der Waals surface area contributed by atoms with Crippen LogP contribution in [0.1, 0.15) is 22.5 Å². The van der Waals surface area contributed by atoms with Gasteiger partial charge in [-0.15, -0.1) is 0 Å². The van der Waals surface area contributed by atoms with Crippen molar-refractivity contribution in [2.75, 3.05) is 0 Å². The molecule has 24 heavy (non-hydrogen) atoms. The summed E-state index contributed by atoms with van der Waals surface area (Å²) in [6.45, 7) is 4.11. The van der Waals surface area contributed by atoms with Crippen LogP contribution in [0.5, 0.6) is 0 Å². The van der Waals surface area contributed by atoms with Gasteiger partial charge in [-0.1, -0.05) is 48.0 Å². The third-order valence-corrected chi connectivity index (χ3v) is 4.28. The molecule has 3 heteroatoms. The fourth-order valence-electron chi connectivity index (χ4n) is 2.90. The van der Waals surface area contributed by atoms with Crippen molar-refractivity contribution in [3.63, 3.8) is 0 Å². The number of aromatic nitrogens is 1. The molecule has 118 valence electrons. The molecular weight excluding hydrogens is 316 g/mol. The largest absolute Gasteiger partial charge is 0.318 e. The lowest BCUT2D eigenvalue weighted by molar-refractivity contribution is 0.965. The standard InChI is InChI=1S/C21H17ClN2/c1-15-11-18(12-19(14-23)17-7-4-3-5-8-17)16(2)24(15)21-10-6-9-20(22)13-21/h3-13H,1-2H3/b19-12+. The number of nitrogens with zero attached hydrogens (tertiary/aromatic N) is 2. The number of hydrogen-bond acceptors (Lipinski definition) is 1. The van der Waals surface area contributed by atoms with Crippen LogP contribution in [0, 0.1) is 25.2 Å². The van der Waals surface area contributed by atoms with Crippen LogP contribution in [-0.2, 0) is 0 Å². The normalized spacial score (nSPS) is 11.3. The minimum absolute atomic E-state index is 0.655. The molecule has 0 aliphatic carbocycles. The summed E-state index contributed by atoms with van der Waals surface area (Å²) in [5.74, 6) is 0. The highest BCUT2D eigenvalue weighted by Crippen LogP contribution is 2.26. The maximum absolute atomic E-state index is 9.52. The summed E-state index contributed by atoms with van der Waals surface area (Å²) in [4.78, 5) is 0. The van der Waals surface area contributed by atoms with Crippen LogP contribution >= 0.6 is 11.6 Å². The highest BCUT2D eigenvalue weighted by molar-refractivity contribution is 6.30. The maximum Gasteiger partial charge on any atom is 0.0998 e. The summed E-state index contributed by atoms with van der Waals surface area (Å²) in [6.07, 6.45) is 1.94. The van der Waals surface area contributed by atoms with E-state index >= 15 is 0 Å². The second-order valence-electron chi connectivity index (χ2n) is 5.68. The molecule has 0 spiro atoms. The van der Waals surface area contributed by atoms with E-state index in [2.05, 4.69) is 30.6 Å². The van der Waals surface area contributed by atoms with E-state index in [9.17, 15) is 5.26 Å². The SMILES string of the molecule is Cc1cc(/C=C(\C#N)c2ccccc2)c(C)n1-c1cccc(Cl)c1. The molecule has 0 unspecified atom stereocenters. The van der Waals surface area contributed by atoms with Gasteiger partial charge < -0.3 is 4.57 Å². The molecule has 0 aliphatic heterocycles. The zero-order valence-corrected chi connectivity index (χ0v) is 14.4. The molecular formula is C21H17ClN2. The van der Waals surface area contributed by atoms with Crippen molar-refractivity contribution in [1.29, 1.82) is 5.26 Å². The van der Waals surface area contributed by atoms with Crippen molar-refractivity contribution in [1.82, 2.24) is 4.57 Å². The molecule has 0 N–H and O–H groups in total. The zero-order valence-electron chi connectivity index (χ0n) is 13.6. The fourth-order valence-corrected chi connectivity index (χ4v) is 3.08. The van der Waals surface area contributed by atoms with Crippen molar-refractivity contribution in [2.24, 2.45) is 0 Å². The number of benzene rings is 2. The summed E-state index contributed by atoms with van der Waals surface area (Å²) in [5, 5.41) is 10.2. The smallest absolute Gasteiger partial charge is 0.0998 e. The van der Waals surface area contributed by atoms with Gasteiger partial charge in [-0.3, -0.25) is 0 Å². The number of nitriles is 1. The molecule has 0 saturated heterocycles. The molecule has 0 saturated carbocycles. The highest BCUT2D eigenvalue weighted by atomic mass is 35.5. The monoisotopic (exact) mass is 332 g/mol. The third kappa shape index (κ3) is 3.13. The molecule has 3 aromatic rings. The van der Waals surface area contributed by atoms with Gasteiger partial charge in [0, 0.05) is 22.1 Å². The van der Waals surface area contributed by atoms with Crippen molar-refractivity contribution >= 4 is 23.3 Å². The fraction of sp³-hybridized carbons (Fsp3) is 0.0952. The van der Waals surface area contributed by atoms with Crippen LogP contribution in [-0.4, -0.2) is 4.57 Å². The van der Waals surface area contributed by atoms with Crippen LogP contribution in [0.15, 0.2) is 60.7 Å². The van der Waals surface area contributed by atoms with E-state index in [-0.39, 0.29) is 0 Å². The van der Waals surface area contributed by atoms with Gasteiger partial charge in [0.15, 0.2) is 0 Å².